The third kappa shape index (κ3) is 2.79. The Labute approximate surface area is 90.1 Å². The molecule has 1 unspecified atom stereocenters. The predicted octanol–water partition coefficient (Wildman–Crippen LogP) is 1.87. The molecule has 1 aromatic carbocycles. The summed E-state index contributed by atoms with van der Waals surface area (Å²) in [4.78, 5) is 0. The average molecular weight is 236 g/mol. The molecule has 1 aromatic rings. The Kier molecular flexibility index (Phi) is 3.64. The molecule has 90 valence electrons. The normalized spacial score (nSPS) is 13.6. The second kappa shape index (κ2) is 4.61. The number of benzene rings is 1. The lowest BCUT2D eigenvalue weighted by atomic mass is 10.1. The summed E-state index contributed by atoms with van der Waals surface area (Å²) in [7, 11) is 1.29. The summed E-state index contributed by atoms with van der Waals surface area (Å²) in [6, 6.07) is 4.16. The molecule has 0 saturated heterocycles. The predicted molar refractivity (Wildman–Crippen MR) is 50.4 cm³/mol. The van der Waals surface area contributed by atoms with Gasteiger partial charge in [0, 0.05) is 12.0 Å². The Balaban J connectivity index is 2.90. The Morgan fingerprint density at radius 2 is 2.00 bits per heavy atom. The van der Waals surface area contributed by atoms with Crippen LogP contribution in [0.3, 0.4) is 0 Å². The van der Waals surface area contributed by atoms with Gasteiger partial charge in [0.05, 0.1) is 7.11 Å². The van der Waals surface area contributed by atoms with E-state index in [4.69, 9.17) is 9.84 Å². The zero-order chi connectivity index (χ0) is 12.3. The lowest BCUT2D eigenvalue weighted by Crippen LogP contribution is -2.30. The van der Waals surface area contributed by atoms with Crippen LogP contribution in [0.1, 0.15) is 5.56 Å². The maximum absolute atomic E-state index is 12.1. The standard InChI is InChI=1S/C10H11F3O3/c1-16-7-4-2-3-6(9(7)15)5-8(14)10(11,12)13/h2-4,8,14-15H,5H2,1H3. The van der Waals surface area contributed by atoms with Gasteiger partial charge >= 0.3 is 6.18 Å². The van der Waals surface area contributed by atoms with Crippen LogP contribution in [0.2, 0.25) is 0 Å². The number of phenolic OH excluding ortho intramolecular Hbond substituents is 1. The van der Waals surface area contributed by atoms with Gasteiger partial charge in [0.25, 0.3) is 0 Å². The lowest BCUT2D eigenvalue weighted by Gasteiger charge is -2.15. The highest BCUT2D eigenvalue weighted by Gasteiger charge is 2.38. The number of halogens is 3. The Morgan fingerprint density at radius 3 is 2.50 bits per heavy atom. The molecule has 0 aliphatic heterocycles. The molecule has 0 radical (unpaired) electrons. The number of ether oxygens (including phenoxy) is 1. The highest BCUT2D eigenvalue weighted by Crippen LogP contribution is 2.32. The quantitative estimate of drug-likeness (QED) is 0.842. The Hall–Kier alpha value is -1.43. The molecule has 16 heavy (non-hydrogen) atoms. The molecular formula is C10H11F3O3. The van der Waals surface area contributed by atoms with E-state index in [9.17, 15) is 18.3 Å². The average Bonchev–Trinajstić information content (AvgIpc) is 2.19. The minimum absolute atomic E-state index is 0.0100. The van der Waals surface area contributed by atoms with Crippen molar-refractivity contribution in [1.82, 2.24) is 0 Å². The number of aliphatic hydroxyl groups is 1. The molecule has 1 atom stereocenters. The third-order valence-corrected chi connectivity index (χ3v) is 2.09. The number of rotatable bonds is 3. The number of aromatic hydroxyl groups is 1. The topological polar surface area (TPSA) is 49.7 Å². The molecule has 0 amide bonds. The fourth-order valence-corrected chi connectivity index (χ4v) is 1.22. The first-order valence-electron chi connectivity index (χ1n) is 4.46. The Morgan fingerprint density at radius 1 is 1.38 bits per heavy atom. The fourth-order valence-electron chi connectivity index (χ4n) is 1.22. The second-order valence-electron chi connectivity index (χ2n) is 3.23. The molecule has 6 heteroatoms. The molecule has 0 fully saturated rings. The maximum atomic E-state index is 12.1. The molecule has 3 nitrogen and oxygen atoms in total. The van der Waals surface area contributed by atoms with Crippen LogP contribution in [0.25, 0.3) is 0 Å². The van der Waals surface area contributed by atoms with Crippen molar-refractivity contribution in [3.05, 3.63) is 23.8 Å². The monoisotopic (exact) mass is 236 g/mol. The first kappa shape index (κ1) is 12.6. The summed E-state index contributed by atoms with van der Waals surface area (Å²) in [6.07, 6.45) is -7.90. The van der Waals surface area contributed by atoms with E-state index >= 15 is 0 Å². The van der Waals surface area contributed by atoms with Crippen molar-refractivity contribution in [2.45, 2.75) is 18.7 Å². The van der Waals surface area contributed by atoms with E-state index in [1.165, 1.54) is 25.3 Å². The van der Waals surface area contributed by atoms with Gasteiger partial charge in [0.15, 0.2) is 17.6 Å². The van der Waals surface area contributed by atoms with E-state index in [0.717, 1.165) is 0 Å². The second-order valence-corrected chi connectivity index (χ2v) is 3.23. The number of phenols is 1. The van der Waals surface area contributed by atoms with E-state index < -0.39 is 18.7 Å². The summed E-state index contributed by atoms with van der Waals surface area (Å²) >= 11 is 0. The van der Waals surface area contributed by atoms with E-state index in [1.807, 2.05) is 0 Å². The molecule has 0 bridgehead atoms. The highest BCUT2D eigenvalue weighted by atomic mass is 19.4. The van der Waals surface area contributed by atoms with Gasteiger partial charge in [0.1, 0.15) is 0 Å². The van der Waals surface area contributed by atoms with Crippen molar-refractivity contribution in [1.29, 1.82) is 0 Å². The van der Waals surface area contributed by atoms with Crippen LogP contribution in [0.5, 0.6) is 11.5 Å². The van der Waals surface area contributed by atoms with Gasteiger partial charge in [-0.15, -0.1) is 0 Å². The third-order valence-electron chi connectivity index (χ3n) is 2.09. The fraction of sp³-hybridized carbons (Fsp3) is 0.400. The molecular weight excluding hydrogens is 225 g/mol. The van der Waals surface area contributed by atoms with E-state index in [-0.39, 0.29) is 17.1 Å². The number of hydrogen-bond acceptors (Lipinski definition) is 3. The minimum Gasteiger partial charge on any atom is -0.504 e. The lowest BCUT2D eigenvalue weighted by molar-refractivity contribution is -0.203. The van der Waals surface area contributed by atoms with Crippen LogP contribution >= 0.6 is 0 Å². The van der Waals surface area contributed by atoms with Crippen LogP contribution in [-0.2, 0) is 6.42 Å². The highest BCUT2D eigenvalue weighted by molar-refractivity contribution is 5.45. The summed E-state index contributed by atoms with van der Waals surface area (Å²) < 4.78 is 41.0. The van der Waals surface area contributed by atoms with Crippen molar-refractivity contribution in [3.8, 4) is 11.5 Å². The van der Waals surface area contributed by atoms with E-state index in [1.54, 1.807) is 0 Å². The number of para-hydroxylation sites is 1. The largest absolute Gasteiger partial charge is 0.504 e. The maximum Gasteiger partial charge on any atom is 0.414 e. The minimum atomic E-state index is -4.70. The van der Waals surface area contributed by atoms with E-state index in [2.05, 4.69) is 0 Å². The van der Waals surface area contributed by atoms with Gasteiger partial charge in [-0.3, -0.25) is 0 Å². The number of aliphatic hydroxyl groups excluding tert-OH is 1. The van der Waals surface area contributed by atoms with E-state index in [0.29, 0.717) is 0 Å². The number of hydrogen-bond donors (Lipinski definition) is 2. The van der Waals surface area contributed by atoms with Crippen LogP contribution in [0, 0.1) is 0 Å². The van der Waals surface area contributed by atoms with Crippen molar-refractivity contribution in [3.63, 3.8) is 0 Å². The molecule has 0 aliphatic rings. The van der Waals surface area contributed by atoms with Crippen LogP contribution in [0.4, 0.5) is 13.2 Å². The molecule has 0 saturated carbocycles. The summed E-state index contributed by atoms with van der Waals surface area (Å²) in [5, 5.41) is 18.4. The first-order chi connectivity index (χ1) is 7.36. The molecule has 1 rings (SSSR count). The molecule has 2 N–H and O–H groups in total. The SMILES string of the molecule is COc1cccc(CC(O)C(F)(F)F)c1O. The van der Waals surface area contributed by atoms with Crippen LogP contribution < -0.4 is 4.74 Å². The van der Waals surface area contributed by atoms with Gasteiger partial charge in [-0.25, -0.2) is 0 Å². The molecule has 0 aromatic heterocycles. The van der Waals surface area contributed by atoms with Crippen molar-refractivity contribution >= 4 is 0 Å². The van der Waals surface area contributed by atoms with Gasteiger partial charge < -0.3 is 14.9 Å². The molecule has 0 aliphatic carbocycles. The zero-order valence-electron chi connectivity index (χ0n) is 8.45. The van der Waals surface area contributed by atoms with Crippen LogP contribution in [-0.4, -0.2) is 29.6 Å². The van der Waals surface area contributed by atoms with Crippen molar-refractivity contribution in [2.75, 3.05) is 7.11 Å². The van der Waals surface area contributed by atoms with Gasteiger partial charge in [-0.2, -0.15) is 13.2 Å². The Bertz CT molecular complexity index is 363. The van der Waals surface area contributed by atoms with Crippen LogP contribution in [0.15, 0.2) is 18.2 Å². The van der Waals surface area contributed by atoms with Gasteiger partial charge in [0.2, 0.25) is 0 Å². The van der Waals surface area contributed by atoms with Crippen molar-refractivity contribution in [2.24, 2.45) is 0 Å². The number of alkyl halides is 3. The summed E-state index contributed by atoms with van der Waals surface area (Å²) in [5.41, 5.74) is -0.0100. The molecule has 0 spiro atoms. The molecule has 0 heterocycles. The zero-order valence-corrected chi connectivity index (χ0v) is 8.45. The first-order valence-corrected chi connectivity index (χ1v) is 4.46. The summed E-state index contributed by atoms with van der Waals surface area (Å²) in [5.74, 6) is -0.305. The smallest absolute Gasteiger partial charge is 0.414 e. The van der Waals surface area contributed by atoms with Gasteiger partial charge in [-0.1, -0.05) is 12.1 Å². The number of methoxy groups -OCH3 is 1. The summed E-state index contributed by atoms with van der Waals surface area (Å²) in [6.45, 7) is 0. The van der Waals surface area contributed by atoms with Gasteiger partial charge in [-0.05, 0) is 6.07 Å². The van der Waals surface area contributed by atoms with Crippen molar-refractivity contribution < 1.29 is 28.1 Å².